The monoisotopic (exact) mass is 339 g/mol. The minimum Gasteiger partial charge on any atom is -0.268 e. The summed E-state index contributed by atoms with van der Waals surface area (Å²) in [4.78, 5) is 4.48. The van der Waals surface area contributed by atoms with Crippen LogP contribution in [0.25, 0.3) is 19.5 Å². The van der Waals surface area contributed by atoms with Gasteiger partial charge in [0, 0.05) is 16.8 Å². The number of hydrogen-bond donors (Lipinski definition) is 0. The van der Waals surface area contributed by atoms with Crippen LogP contribution in [0.15, 0.2) is 39.9 Å². The van der Waals surface area contributed by atoms with Gasteiger partial charge in [0.2, 0.25) is 0 Å². The molecule has 102 valence electrons. The first-order valence-corrected chi connectivity index (χ1v) is 9.85. The molecule has 0 radical (unpaired) electrons. The van der Waals surface area contributed by atoms with Crippen LogP contribution in [0.5, 0.6) is 0 Å². The van der Waals surface area contributed by atoms with Crippen LogP contribution in [0.1, 0.15) is 0 Å². The summed E-state index contributed by atoms with van der Waals surface area (Å²) in [6, 6.07) is 7.68. The van der Waals surface area contributed by atoms with Crippen molar-refractivity contribution in [3.8, 4) is 19.5 Å². The van der Waals surface area contributed by atoms with E-state index in [9.17, 15) is 8.42 Å². The minimum atomic E-state index is -3.42. The van der Waals surface area contributed by atoms with Crippen molar-refractivity contribution in [3.05, 3.63) is 35.0 Å². The van der Waals surface area contributed by atoms with Gasteiger partial charge < -0.3 is 0 Å². The lowest BCUT2D eigenvalue weighted by molar-refractivity contribution is 0.594. The molecule has 0 fully saturated rings. The van der Waals surface area contributed by atoms with E-state index in [0.717, 1.165) is 25.2 Å². The van der Waals surface area contributed by atoms with Gasteiger partial charge in [0.25, 0.3) is 10.0 Å². The molecule has 3 nitrogen and oxygen atoms in total. The van der Waals surface area contributed by atoms with Gasteiger partial charge in [0.1, 0.15) is 4.90 Å². The van der Waals surface area contributed by atoms with E-state index in [-0.39, 0.29) is 0 Å². The van der Waals surface area contributed by atoms with E-state index in [0.29, 0.717) is 4.90 Å². The normalized spacial score (nSPS) is 15.9. The first kappa shape index (κ1) is 12.6. The Morgan fingerprint density at radius 1 is 1.05 bits per heavy atom. The number of sulfonamides is 1. The second kappa shape index (κ2) is 4.17. The maximum Gasteiger partial charge on any atom is 0.265 e. The Balaban J connectivity index is 2.04. The standard InChI is InChI=1S/C13H9NO2S4/c1-14-8-4-6-18-12(8)13-11(20(14,15)16)7-10(19-13)9-3-2-5-17-9/h2-7H,1H3. The number of nitrogens with zero attached hydrogens (tertiary/aromatic N) is 1. The third-order valence-corrected chi connectivity index (χ3v) is 8.48. The maximum atomic E-state index is 12.6. The number of thiophene rings is 3. The summed E-state index contributed by atoms with van der Waals surface area (Å²) in [7, 11) is -1.80. The molecule has 0 saturated carbocycles. The van der Waals surface area contributed by atoms with Crippen LogP contribution < -0.4 is 4.31 Å². The zero-order chi connectivity index (χ0) is 13.9. The topological polar surface area (TPSA) is 37.4 Å². The molecule has 0 N–H and O–H groups in total. The number of rotatable bonds is 1. The van der Waals surface area contributed by atoms with Crippen molar-refractivity contribution < 1.29 is 8.42 Å². The van der Waals surface area contributed by atoms with Gasteiger partial charge in [-0.1, -0.05) is 6.07 Å². The van der Waals surface area contributed by atoms with Gasteiger partial charge >= 0.3 is 0 Å². The molecule has 0 unspecified atom stereocenters. The lowest BCUT2D eigenvalue weighted by Gasteiger charge is -2.24. The predicted octanol–water partition coefficient (Wildman–Crippen LogP) is 4.34. The molecule has 20 heavy (non-hydrogen) atoms. The zero-order valence-corrected chi connectivity index (χ0v) is 13.6. The SMILES string of the molecule is CN1c2ccsc2-c2sc(-c3cccs3)cc2S1(=O)=O. The van der Waals surface area contributed by atoms with Gasteiger partial charge in [-0.05, 0) is 29.0 Å². The fourth-order valence-corrected chi connectivity index (χ4v) is 7.18. The summed E-state index contributed by atoms with van der Waals surface area (Å²) in [5, 5.41) is 3.95. The van der Waals surface area contributed by atoms with Crippen LogP contribution in [0.3, 0.4) is 0 Å². The van der Waals surface area contributed by atoms with E-state index in [1.807, 2.05) is 29.0 Å². The van der Waals surface area contributed by atoms with Crippen molar-refractivity contribution >= 4 is 49.7 Å². The molecule has 0 amide bonds. The van der Waals surface area contributed by atoms with E-state index in [1.165, 1.54) is 4.31 Å². The van der Waals surface area contributed by atoms with Crippen molar-refractivity contribution in [1.82, 2.24) is 0 Å². The highest BCUT2D eigenvalue weighted by Gasteiger charge is 2.35. The first-order valence-electron chi connectivity index (χ1n) is 5.83. The highest BCUT2D eigenvalue weighted by Crippen LogP contribution is 2.51. The molecular formula is C13H9NO2S4. The molecule has 0 saturated heterocycles. The van der Waals surface area contributed by atoms with Crippen LogP contribution in [0.2, 0.25) is 0 Å². The number of anilines is 1. The zero-order valence-electron chi connectivity index (χ0n) is 10.4. The first-order chi connectivity index (χ1) is 9.59. The fraction of sp³-hybridized carbons (Fsp3) is 0.0769. The Morgan fingerprint density at radius 2 is 1.90 bits per heavy atom. The largest absolute Gasteiger partial charge is 0.268 e. The van der Waals surface area contributed by atoms with Crippen LogP contribution in [-0.4, -0.2) is 15.5 Å². The second-order valence-electron chi connectivity index (χ2n) is 4.39. The molecule has 0 aromatic carbocycles. The van der Waals surface area contributed by atoms with E-state index in [1.54, 1.807) is 47.1 Å². The van der Waals surface area contributed by atoms with Crippen molar-refractivity contribution in [3.63, 3.8) is 0 Å². The van der Waals surface area contributed by atoms with E-state index >= 15 is 0 Å². The van der Waals surface area contributed by atoms with Gasteiger partial charge in [-0.3, -0.25) is 4.31 Å². The lowest BCUT2D eigenvalue weighted by atomic mass is 10.3. The highest BCUT2D eigenvalue weighted by atomic mass is 32.2. The summed E-state index contributed by atoms with van der Waals surface area (Å²) < 4.78 is 26.6. The Labute approximate surface area is 128 Å². The summed E-state index contributed by atoms with van der Waals surface area (Å²) in [6.45, 7) is 0. The molecule has 4 heterocycles. The quantitative estimate of drug-likeness (QED) is 0.661. The van der Waals surface area contributed by atoms with Crippen molar-refractivity contribution in [2.75, 3.05) is 11.4 Å². The van der Waals surface area contributed by atoms with Gasteiger partial charge in [-0.25, -0.2) is 8.42 Å². The minimum absolute atomic E-state index is 0.434. The molecule has 1 aliphatic rings. The molecular weight excluding hydrogens is 330 g/mol. The third-order valence-electron chi connectivity index (χ3n) is 3.29. The second-order valence-corrected chi connectivity index (χ2v) is 9.24. The van der Waals surface area contributed by atoms with Crippen LogP contribution in [0, 0.1) is 0 Å². The molecule has 7 heteroatoms. The molecule has 0 spiro atoms. The summed E-state index contributed by atoms with van der Waals surface area (Å²) >= 11 is 4.78. The van der Waals surface area contributed by atoms with Crippen LogP contribution in [-0.2, 0) is 10.0 Å². The average Bonchev–Trinajstić information content (AvgIpc) is 3.13. The number of hydrogen-bond acceptors (Lipinski definition) is 5. The summed E-state index contributed by atoms with van der Waals surface area (Å²) in [5.41, 5.74) is 0.780. The van der Waals surface area contributed by atoms with Crippen LogP contribution >= 0.6 is 34.0 Å². The van der Waals surface area contributed by atoms with Crippen LogP contribution in [0.4, 0.5) is 5.69 Å². The fourth-order valence-electron chi connectivity index (χ4n) is 2.26. The van der Waals surface area contributed by atoms with Gasteiger partial charge in [0.05, 0.1) is 15.4 Å². The van der Waals surface area contributed by atoms with Gasteiger partial charge in [-0.15, -0.1) is 34.0 Å². The van der Waals surface area contributed by atoms with Gasteiger partial charge in [0.15, 0.2) is 0 Å². The molecule has 4 rings (SSSR count). The average molecular weight is 339 g/mol. The molecule has 0 aliphatic carbocycles. The molecule has 0 bridgehead atoms. The maximum absolute atomic E-state index is 12.6. The van der Waals surface area contributed by atoms with Crippen molar-refractivity contribution in [2.45, 2.75) is 4.90 Å². The number of fused-ring (bicyclic) bond motifs is 3. The summed E-state index contributed by atoms with van der Waals surface area (Å²) in [5.74, 6) is 0. The Morgan fingerprint density at radius 3 is 2.65 bits per heavy atom. The Bertz CT molecular complexity index is 887. The van der Waals surface area contributed by atoms with Gasteiger partial charge in [-0.2, -0.15) is 0 Å². The molecule has 3 aromatic heterocycles. The predicted molar refractivity (Wildman–Crippen MR) is 86.5 cm³/mol. The highest BCUT2D eigenvalue weighted by molar-refractivity contribution is 7.93. The smallest absolute Gasteiger partial charge is 0.265 e. The van der Waals surface area contributed by atoms with Crippen molar-refractivity contribution in [1.29, 1.82) is 0 Å². The Kier molecular flexibility index (Phi) is 2.62. The lowest BCUT2D eigenvalue weighted by Crippen LogP contribution is -2.28. The van der Waals surface area contributed by atoms with Crippen molar-refractivity contribution in [2.24, 2.45) is 0 Å². The summed E-state index contributed by atoms with van der Waals surface area (Å²) in [6.07, 6.45) is 0. The van der Waals surface area contributed by atoms with E-state index < -0.39 is 10.0 Å². The van der Waals surface area contributed by atoms with E-state index in [2.05, 4.69) is 0 Å². The molecule has 0 atom stereocenters. The molecule has 1 aliphatic heterocycles. The molecule has 3 aromatic rings. The Hall–Kier alpha value is -1.15. The third kappa shape index (κ3) is 1.57. The van der Waals surface area contributed by atoms with E-state index in [4.69, 9.17) is 0 Å².